The Kier molecular flexibility index (Phi) is 2.50. The summed E-state index contributed by atoms with van der Waals surface area (Å²) < 4.78 is 27.9. The molecule has 0 amide bonds. The van der Waals surface area contributed by atoms with Crippen LogP contribution in [-0.2, 0) is 6.42 Å². The van der Waals surface area contributed by atoms with Crippen molar-refractivity contribution in [3.05, 3.63) is 41.2 Å². The SMILES string of the molecule is Nc1nc2n(n1)C(c1ccc(F)c(F)c1)CCC2. The highest BCUT2D eigenvalue weighted by atomic mass is 19.2. The molecule has 3 rings (SSSR count). The molecule has 0 aliphatic carbocycles. The average molecular weight is 250 g/mol. The Bertz CT molecular complexity index is 594. The lowest BCUT2D eigenvalue weighted by molar-refractivity contribution is 0.409. The van der Waals surface area contributed by atoms with E-state index in [-0.39, 0.29) is 12.0 Å². The van der Waals surface area contributed by atoms with Gasteiger partial charge in [-0.05, 0) is 30.5 Å². The van der Waals surface area contributed by atoms with Gasteiger partial charge in [0.05, 0.1) is 6.04 Å². The molecular weight excluding hydrogens is 238 g/mol. The lowest BCUT2D eigenvalue weighted by Gasteiger charge is -2.23. The van der Waals surface area contributed by atoms with Crippen LogP contribution in [0.2, 0.25) is 0 Å². The minimum atomic E-state index is -0.840. The second kappa shape index (κ2) is 4.04. The summed E-state index contributed by atoms with van der Waals surface area (Å²) in [4.78, 5) is 4.13. The van der Waals surface area contributed by atoms with Gasteiger partial charge < -0.3 is 5.73 Å². The van der Waals surface area contributed by atoms with Crippen molar-refractivity contribution in [2.24, 2.45) is 0 Å². The van der Waals surface area contributed by atoms with Crippen LogP contribution in [0.5, 0.6) is 0 Å². The van der Waals surface area contributed by atoms with Crippen molar-refractivity contribution >= 4 is 5.95 Å². The fraction of sp³-hybridized carbons (Fsp3) is 0.333. The topological polar surface area (TPSA) is 56.7 Å². The van der Waals surface area contributed by atoms with Gasteiger partial charge in [0.2, 0.25) is 5.95 Å². The normalized spacial score (nSPS) is 18.7. The van der Waals surface area contributed by atoms with Crippen molar-refractivity contribution in [1.29, 1.82) is 0 Å². The summed E-state index contributed by atoms with van der Waals surface area (Å²) in [6.45, 7) is 0. The van der Waals surface area contributed by atoms with Crippen molar-refractivity contribution in [2.75, 3.05) is 5.73 Å². The Morgan fingerprint density at radius 2 is 2.11 bits per heavy atom. The zero-order valence-electron chi connectivity index (χ0n) is 9.61. The smallest absolute Gasteiger partial charge is 0.239 e. The molecule has 2 heterocycles. The highest BCUT2D eigenvalue weighted by Gasteiger charge is 2.24. The molecule has 1 aliphatic heterocycles. The number of nitrogens with two attached hydrogens (primary N) is 1. The Morgan fingerprint density at radius 3 is 2.89 bits per heavy atom. The first-order chi connectivity index (χ1) is 8.65. The zero-order valence-corrected chi connectivity index (χ0v) is 9.61. The van der Waals surface area contributed by atoms with Crippen molar-refractivity contribution in [3.8, 4) is 0 Å². The minimum absolute atomic E-state index is 0.117. The molecular formula is C12H12F2N4. The summed E-state index contributed by atoms with van der Waals surface area (Å²) in [7, 11) is 0. The van der Waals surface area contributed by atoms with E-state index in [0.29, 0.717) is 5.56 Å². The Balaban J connectivity index is 2.05. The van der Waals surface area contributed by atoms with Crippen LogP contribution in [0.25, 0.3) is 0 Å². The van der Waals surface area contributed by atoms with E-state index >= 15 is 0 Å². The van der Waals surface area contributed by atoms with Gasteiger partial charge >= 0.3 is 0 Å². The molecule has 1 aromatic heterocycles. The van der Waals surface area contributed by atoms with Crippen LogP contribution >= 0.6 is 0 Å². The molecule has 0 saturated heterocycles. The van der Waals surface area contributed by atoms with Crippen molar-refractivity contribution < 1.29 is 8.78 Å². The van der Waals surface area contributed by atoms with E-state index in [0.717, 1.165) is 31.2 Å². The van der Waals surface area contributed by atoms with Crippen LogP contribution in [0.3, 0.4) is 0 Å². The molecule has 18 heavy (non-hydrogen) atoms. The molecule has 0 radical (unpaired) electrons. The van der Waals surface area contributed by atoms with Crippen LogP contribution in [-0.4, -0.2) is 14.8 Å². The number of nitrogens with zero attached hydrogens (tertiary/aromatic N) is 3. The van der Waals surface area contributed by atoms with Gasteiger partial charge in [0.1, 0.15) is 5.82 Å². The summed E-state index contributed by atoms with van der Waals surface area (Å²) in [5.41, 5.74) is 6.27. The molecule has 0 fully saturated rings. The molecule has 6 heteroatoms. The van der Waals surface area contributed by atoms with Crippen LogP contribution < -0.4 is 5.73 Å². The maximum absolute atomic E-state index is 13.3. The average Bonchev–Trinajstić information content (AvgIpc) is 2.72. The molecule has 2 N–H and O–H groups in total. The van der Waals surface area contributed by atoms with E-state index < -0.39 is 11.6 Å². The van der Waals surface area contributed by atoms with Crippen molar-refractivity contribution in [2.45, 2.75) is 25.3 Å². The van der Waals surface area contributed by atoms with Gasteiger partial charge in [0, 0.05) is 6.42 Å². The number of fused-ring (bicyclic) bond motifs is 1. The van der Waals surface area contributed by atoms with Crippen LogP contribution in [0.15, 0.2) is 18.2 Å². The van der Waals surface area contributed by atoms with E-state index in [9.17, 15) is 8.78 Å². The molecule has 0 spiro atoms. The minimum Gasteiger partial charge on any atom is -0.366 e. The first-order valence-corrected chi connectivity index (χ1v) is 5.81. The first-order valence-electron chi connectivity index (χ1n) is 5.81. The van der Waals surface area contributed by atoms with Crippen LogP contribution in [0, 0.1) is 11.6 Å². The standard InChI is InChI=1S/C12H12F2N4/c13-8-5-4-7(6-9(8)14)10-2-1-3-11-16-12(15)17-18(10)11/h4-6,10H,1-3H2,(H2,15,17). The highest BCUT2D eigenvalue weighted by Crippen LogP contribution is 2.30. The number of anilines is 1. The number of benzene rings is 1. The van der Waals surface area contributed by atoms with E-state index in [1.54, 1.807) is 10.7 Å². The van der Waals surface area contributed by atoms with E-state index in [1.165, 1.54) is 6.07 Å². The highest BCUT2D eigenvalue weighted by molar-refractivity contribution is 5.25. The maximum Gasteiger partial charge on any atom is 0.239 e. The zero-order chi connectivity index (χ0) is 12.7. The number of hydrogen-bond acceptors (Lipinski definition) is 3. The number of rotatable bonds is 1. The summed E-state index contributed by atoms with van der Waals surface area (Å²) in [6, 6.07) is 3.82. The first kappa shape index (κ1) is 11.1. The van der Waals surface area contributed by atoms with Gasteiger partial charge in [-0.15, -0.1) is 5.10 Å². The van der Waals surface area contributed by atoms with Gasteiger partial charge in [-0.2, -0.15) is 4.98 Å². The quantitative estimate of drug-likeness (QED) is 0.842. The summed E-state index contributed by atoms with van der Waals surface area (Å²) in [5.74, 6) is -0.659. The maximum atomic E-state index is 13.3. The third kappa shape index (κ3) is 1.73. The van der Waals surface area contributed by atoms with Crippen molar-refractivity contribution in [3.63, 3.8) is 0 Å². The molecule has 1 atom stereocenters. The summed E-state index contributed by atoms with van der Waals surface area (Å²) >= 11 is 0. The molecule has 2 aromatic rings. The van der Waals surface area contributed by atoms with E-state index in [2.05, 4.69) is 10.1 Å². The van der Waals surface area contributed by atoms with Gasteiger partial charge in [-0.1, -0.05) is 6.07 Å². The third-order valence-corrected chi connectivity index (χ3v) is 3.22. The Morgan fingerprint density at radius 1 is 1.28 bits per heavy atom. The lowest BCUT2D eigenvalue weighted by Crippen LogP contribution is -2.20. The predicted octanol–water partition coefficient (Wildman–Crippen LogP) is 2.06. The molecule has 4 nitrogen and oxygen atoms in total. The van der Waals surface area contributed by atoms with E-state index in [4.69, 9.17) is 5.73 Å². The monoisotopic (exact) mass is 250 g/mol. The summed E-state index contributed by atoms with van der Waals surface area (Å²) in [5, 5.41) is 4.13. The fourth-order valence-electron chi connectivity index (χ4n) is 2.40. The number of aryl methyl sites for hydroxylation is 1. The lowest BCUT2D eigenvalue weighted by atomic mass is 9.98. The number of halogens is 2. The second-order valence-corrected chi connectivity index (χ2v) is 4.41. The van der Waals surface area contributed by atoms with Gasteiger partial charge in [-0.3, -0.25) is 0 Å². The van der Waals surface area contributed by atoms with Crippen molar-refractivity contribution in [1.82, 2.24) is 14.8 Å². The van der Waals surface area contributed by atoms with E-state index in [1.807, 2.05) is 0 Å². The molecule has 1 aliphatic rings. The van der Waals surface area contributed by atoms with Crippen LogP contribution in [0.4, 0.5) is 14.7 Å². The molecule has 0 saturated carbocycles. The number of nitrogen functional groups attached to an aromatic ring is 1. The summed E-state index contributed by atoms with van der Waals surface area (Å²) in [6.07, 6.45) is 2.56. The molecule has 0 bridgehead atoms. The Hall–Kier alpha value is -1.98. The Labute approximate surface area is 102 Å². The second-order valence-electron chi connectivity index (χ2n) is 4.41. The van der Waals surface area contributed by atoms with Gasteiger partial charge in [0.15, 0.2) is 11.6 Å². The van der Waals surface area contributed by atoms with Crippen LogP contribution in [0.1, 0.15) is 30.3 Å². The number of aromatic nitrogens is 3. The predicted molar refractivity (Wildman–Crippen MR) is 61.9 cm³/mol. The van der Waals surface area contributed by atoms with Gasteiger partial charge in [0.25, 0.3) is 0 Å². The van der Waals surface area contributed by atoms with Gasteiger partial charge in [-0.25, -0.2) is 13.5 Å². The molecule has 94 valence electrons. The largest absolute Gasteiger partial charge is 0.366 e. The molecule has 1 aromatic carbocycles. The molecule has 1 unspecified atom stereocenters. The number of hydrogen-bond donors (Lipinski definition) is 1. The fourth-order valence-corrected chi connectivity index (χ4v) is 2.40. The third-order valence-electron chi connectivity index (χ3n) is 3.22.